The van der Waals surface area contributed by atoms with E-state index in [1.54, 1.807) is 12.1 Å². The molecule has 2 aromatic rings. The minimum absolute atomic E-state index is 0.557. The highest BCUT2D eigenvalue weighted by Crippen LogP contribution is 2.46. The number of hydrogen-bond acceptors (Lipinski definition) is 3. The van der Waals surface area contributed by atoms with Crippen LogP contribution in [0.15, 0.2) is 42.5 Å². The molecule has 3 nitrogen and oxygen atoms in total. The van der Waals surface area contributed by atoms with Crippen LogP contribution in [0.3, 0.4) is 0 Å². The molecule has 0 bridgehead atoms. The maximum atomic E-state index is 12.7. The van der Waals surface area contributed by atoms with Crippen LogP contribution < -0.4 is 9.05 Å². The first-order valence-corrected chi connectivity index (χ1v) is 9.58. The van der Waals surface area contributed by atoms with E-state index < -0.39 is 7.60 Å². The van der Waals surface area contributed by atoms with E-state index in [2.05, 4.69) is 19.9 Å². The Morgan fingerprint density at radius 1 is 0.955 bits per heavy atom. The van der Waals surface area contributed by atoms with Crippen LogP contribution in [-0.4, -0.2) is 6.66 Å². The van der Waals surface area contributed by atoms with Crippen LogP contribution in [0.1, 0.15) is 30.5 Å². The zero-order valence-electron chi connectivity index (χ0n) is 13.6. The van der Waals surface area contributed by atoms with E-state index in [1.807, 2.05) is 31.2 Å². The van der Waals surface area contributed by atoms with Crippen molar-refractivity contribution in [3.8, 4) is 11.5 Å². The first-order chi connectivity index (χ1) is 10.4. The van der Waals surface area contributed by atoms with Gasteiger partial charge in [-0.25, -0.2) is 4.57 Å². The first kappa shape index (κ1) is 16.6. The molecule has 0 aliphatic rings. The Labute approximate surface area is 132 Å². The smallest absolute Gasteiger partial charge is 0.416 e. The van der Waals surface area contributed by atoms with Crippen molar-refractivity contribution < 1.29 is 13.6 Å². The molecule has 0 spiro atoms. The fourth-order valence-electron chi connectivity index (χ4n) is 2.42. The number of benzene rings is 2. The monoisotopic (exact) mass is 318 g/mol. The lowest BCUT2D eigenvalue weighted by molar-refractivity contribution is 0.391. The van der Waals surface area contributed by atoms with E-state index in [1.165, 1.54) is 12.2 Å². The summed E-state index contributed by atoms with van der Waals surface area (Å²) >= 11 is 0. The molecule has 118 valence electrons. The molecule has 2 aromatic carbocycles. The van der Waals surface area contributed by atoms with Gasteiger partial charge in [-0.05, 0) is 49.1 Å². The number of rotatable bonds is 6. The Morgan fingerprint density at radius 3 is 2.23 bits per heavy atom. The summed E-state index contributed by atoms with van der Waals surface area (Å²) in [5, 5.41) is 0. The molecule has 0 heterocycles. The van der Waals surface area contributed by atoms with Gasteiger partial charge in [0.1, 0.15) is 11.5 Å². The molecular weight excluding hydrogens is 295 g/mol. The maximum absolute atomic E-state index is 12.7. The molecule has 1 atom stereocenters. The maximum Gasteiger partial charge on any atom is 0.427 e. The second-order valence-corrected chi connectivity index (χ2v) is 7.28. The normalized spacial score (nSPS) is 13.5. The summed E-state index contributed by atoms with van der Waals surface area (Å²) in [5.41, 5.74) is 3.44. The van der Waals surface area contributed by atoms with E-state index >= 15 is 0 Å². The molecule has 0 aliphatic carbocycles. The van der Waals surface area contributed by atoms with Crippen LogP contribution in [0.4, 0.5) is 0 Å². The highest BCUT2D eigenvalue weighted by molar-refractivity contribution is 7.53. The largest absolute Gasteiger partial charge is 0.427 e. The molecule has 0 radical (unpaired) electrons. The van der Waals surface area contributed by atoms with Crippen LogP contribution in [-0.2, 0) is 17.4 Å². The van der Waals surface area contributed by atoms with E-state index in [-0.39, 0.29) is 0 Å². The topological polar surface area (TPSA) is 35.5 Å². The van der Waals surface area contributed by atoms with Crippen molar-refractivity contribution in [1.29, 1.82) is 0 Å². The zero-order valence-corrected chi connectivity index (χ0v) is 14.5. The van der Waals surface area contributed by atoms with E-state index in [0.29, 0.717) is 11.5 Å². The highest BCUT2D eigenvalue weighted by Gasteiger charge is 2.22. The quantitative estimate of drug-likeness (QED) is 0.669. The molecule has 0 saturated carbocycles. The van der Waals surface area contributed by atoms with Crippen molar-refractivity contribution in [3.05, 3.63) is 59.2 Å². The van der Waals surface area contributed by atoms with E-state index in [9.17, 15) is 4.57 Å². The van der Waals surface area contributed by atoms with Crippen molar-refractivity contribution in [1.82, 2.24) is 0 Å². The highest BCUT2D eigenvalue weighted by atomic mass is 31.2. The van der Waals surface area contributed by atoms with Gasteiger partial charge in [-0.3, -0.25) is 0 Å². The Morgan fingerprint density at radius 2 is 1.64 bits per heavy atom. The van der Waals surface area contributed by atoms with Crippen molar-refractivity contribution >= 4 is 7.60 Å². The lowest BCUT2D eigenvalue weighted by Crippen LogP contribution is -2.02. The van der Waals surface area contributed by atoms with Crippen molar-refractivity contribution in [2.45, 2.75) is 33.6 Å². The summed E-state index contributed by atoms with van der Waals surface area (Å²) in [6.45, 7) is 7.68. The predicted molar refractivity (Wildman–Crippen MR) is 91.2 cm³/mol. The summed E-state index contributed by atoms with van der Waals surface area (Å²) in [7, 11) is -3.22. The summed E-state index contributed by atoms with van der Waals surface area (Å²) in [4.78, 5) is 0. The van der Waals surface area contributed by atoms with E-state index in [0.717, 1.165) is 24.0 Å². The lowest BCUT2D eigenvalue weighted by Gasteiger charge is -2.19. The number of aryl methyl sites for hydroxylation is 2. The zero-order chi connectivity index (χ0) is 16.2. The van der Waals surface area contributed by atoms with Crippen LogP contribution in [0.2, 0.25) is 0 Å². The average molecular weight is 318 g/mol. The Kier molecular flexibility index (Phi) is 5.31. The minimum atomic E-state index is -3.22. The average Bonchev–Trinajstić information content (AvgIpc) is 2.48. The Hall–Kier alpha value is -1.73. The predicted octanol–water partition coefficient (Wildman–Crippen LogP) is 5.40. The Balaban J connectivity index is 2.21. The van der Waals surface area contributed by atoms with Crippen LogP contribution >= 0.6 is 7.60 Å². The third kappa shape index (κ3) is 4.14. The van der Waals surface area contributed by atoms with Gasteiger partial charge in [0.2, 0.25) is 0 Å². The van der Waals surface area contributed by atoms with Crippen molar-refractivity contribution in [2.24, 2.45) is 0 Å². The van der Waals surface area contributed by atoms with Gasteiger partial charge in [0.05, 0.1) is 6.66 Å². The first-order valence-electron chi connectivity index (χ1n) is 7.59. The van der Waals surface area contributed by atoms with Crippen LogP contribution in [0.25, 0.3) is 0 Å². The van der Waals surface area contributed by atoms with Gasteiger partial charge in [-0.15, -0.1) is 0 Å². The van der Waals surface area contributed by atoms with Crippen LogP contribution in [0, 0.1) is 6.92 Å². The molecule has 4 heteroatoms. The Bertz CT molecular complexity index is 677. The van der Waals surface area contributed by atoms with Gasteiger partial charge in [0.15, 0.2) is 0 Å². The lowest BCUT2D eigenvalue weighted by atomic mass is 10.0. The third-order valence-corrected chi connectivity index (χ3v) is 4.59. The molecular formula is C18H23O3P. The SMILES string of the molecule is CCc1cccc(OP(C)(=O)Oc2ccc(C)cc2)c1CC. The molecule has 0 aromatic heterocycles. The molecule has 0 N–H and O–H groups in total. The van der Waals surface area contributed by atoms with Gasteiger partial charge in [-0.2, -0.15) is 0 Å². The third-order valence-electron chi connectivity index (χ3n) is 3.52. The molecule has 0 amide bonds. The van der Waals surface area contributed by atoms with Crippen molar-refractivity contribution in [3.63, 3.8) is 0 Å². The summed E-state index contributed by atoms with van der Waals surface area (Å²) in [6, 6.07) is 13.3. The summed E-state index contributed by atoms with van der Waals surface area (Å²) in [5.74, 6) is 1.21. The molecule has 2 rings (SSSR count). The molecule has 1 unspecified atom stereocenters. The fraction of sp³-hybridized carbons (Fsp3) is 0.333. The molecule has 0 saturated heterocycles. The van der Waals surface area contributed by atoms with Gasteiger partial charge >= 0.3 is 7.60 Å². The van der Waals surface area contributed by atoms with Gasteiger partial charge < -0.3 is 9.05 Å². The van der Waals surface area contributed by atoms with Gasteiger partial charge in [-0.1, -0.05) is 43.7 Å². The fourth-order valence-corrected chi connectivity index (χ4v) is 3.49. The standard InChI is InChI=1S/C18H23O3P/c1-5-15-8-7-9-18(17(15)6-2)21-22(4,19)20-16-12-10-14(3)11-13-16/h7-13H,5-6H2,1-4H3. The number of hydrogen-bond donors (Lipinski definition) is 0. The van der Waals surface area contributed by atoms with Crippen molar-refractivity contribution in [2.75, 3.05) is 6.66 Å². The van der Waals surface area contributed by atoms with Gasteiger partial charge in [0, 0.05) is 0 Å². The van der Waals surface area contributed by atoms with Crippen LogP contribution in [0.5, 0.6) is 11.5 Å². The minimum Gasteiger partial charge on any atom is -0.416 e. The summed E-state index contributed by atoms with van der Waals surface area (Å²) in [6.07, 6.45) is 1.76. The molecule has 0 fully saturated rings. The second-order valence-electron chi connectivity index (χ2n) is 5.37. The summed E-state index contributed by atoms with van der Waals surface area (Å²) < 4.78 is 24.0. The van der Waals surface area contributed by atoms with E-state index in [4.69, 9.17) is 9.05 Å². The molecule has 0 aliphatic heterocycles. The molecule has 22 heavy (non-hydrogen) atoms. The second kappa shape index (κ2) is 7.02. The van der Waals surface area contributed by atoms with Gasteiger partial charge in [0.25, 0.3) is 0 Å².